The summed E-state index contributed by atoms with van der Waals surface area (Å²) < 4.78 is 15.9. The number of ketones is 1. The molecule has 0 bridgehead atoms. The van der Waals surface area contributed by atoms with Gasteiger partial charge >= 0.3 is 5.97 Å². The van der Waals surface area contributed by atoms with E-state index in [0.29, 0.717) is 27.8 Å². The van der Waals surface area contributed by atoms with E-state index < -0.39 is 18.0 Å². The van der Waals surface area contributed by atoms with Crippen molar-refractivity contribution in [1.29, 1.82) is 0 Å². The van der Waals surface area contributed by atoms with E-state index in [2.05, 4.69) is 0 Å². The molecule has 0 saturated carbocycles. The van der Waals surface area contributed by atoms with Gasteiger partial charge in [-0.2, -0.15) is 0 Å². The Morgan fingerprint density at radius 2 is 1.80 bits per heavy atom. The Morgan fingerprint density at radius 1 is 1.10 bits per heavy atom. The summed E-state index contributed by atoms with van der Waals surface area (Å²) in [7, 11) is 3.03. The molecule has 0 unspecified atom stereocenters. The van der Waals surface area contributed by atoms with Gasteiger partial charge in [0.1, 0.15) is 11.5 Å². The van der Waals surface area contributed by atoms with Crippen LogP contribution in [0.15, 0.2) is 42.5 Å². The third-order valence-electron chi connectivity index (χ3n) is 4.93. The van der Waals surface area contributed by atoms with Gasteiger partial charge in [0, 0.05) is 29.6 Å². The molecule has 7 nitrogen and oxygen atoms in total. The predicted octanol–water partition coefficient (Wildman–Crippen LogP) is 3.52. The average molecular weight is 432 g/mol. The molecule has 0 radical (unpaired) electrons. The standard InChI is InChI=1S/C22H22ClNO6/c1-13(21(26)14-4-6-16(23)7-5-14)30-22(27)15-10-20(25)24(12-15)18-11-17(28-2)8-9-19(18)29-3/h4-9,11,13,15H,10,12H2,1-3H3/t13-,15+/m0/s1. The second kappa shape index (κ2) is 9.17. The quantitative estimate of drug-likeness (QED) is 0.492. The molecule has 1 aliphatic heterocycles. The molecule has 1 fully saturated rings. The smallest absolute Gasteiger partial charge is 0.312 e. The summed E-state index contributed by atoms with van der Waals surface area (Å²) in [6.45, 7) is 1.64. The van der Waals surface area contributed by atoms with Crippen LogP contribution in [-0.2, 0) is 14.3 Å². The van der Waals surface area contributed by atoms with E-state index in [0.717, 1.165) is 0 Å². The minimum Gasteiger partial charge on any atom is -0.497 e. The molecule has 2 aromatic carbocycles. The second-order valence-corrected chi connectivity index (χ2v) is 7.33. The SMILES string of the molecule is COc1ccc(OC)c(N2C[C@H](C(=O)O[C@@H](C)C(=O)c3ccc(Cl)cc3)CC2=O)c1. The molecule has 2 atom stereocenters. The predicted molar refractivity (Wildman–Crippen MR) is 111 cm³/mol. The molecule has 158 valence electrons. The summed E-state index contributed by atoms with van der Waals surface area (Å²) in [4.78, 5) is 39.1. The summed E-state index contributed by atoms with van der Waals surface area (Å²) in [6.07, 6.45) is -0.990. The molecule has 8 heteroatoms. The number of Topliss-reactive ketones (excluding diaryl/α,β-unsaturated/α-hetero) is 1. The lowest BCUT2D eigenvalue weighted by Crippen LogP contribution is -2.30. The minimum atomic E-state index is -0.978. The number of halogens is 1. The first-order valence-corrected chi connectivity index (χ1v) is 9.74. The number of benzene rings is 2. The normalized spacial score (nSPS) is 16.9. The van der Waals surface area contributed by atoms with Crippen molar-refractivity contribution >= 4 is 34.9 Å². The fourth-order valence-electron chi connectivity index (χ4n) is 3.28. The van der Waals surface area contributed by atoms with E-state index in [4.69, 9.17) is 25.8 Å². The minimum absolute atomic E-state index is 0.0128. The first kappa shape index (κ1) is 21.6. The summed E-state index contributed by atoms with van der Waals surface area (Å²) in [6, 6.07) is 11.4. The van der Waals surface area contributed by atoms with Gasteiger partial charge in [-0.05, 0) is 43.3 Å². The number of amides is 1. The molecule has 3 rings (SSSR count). The average Bonchev–Trinajstić information content (AvgIpc) is 3.14. The molecule has 0 aromatic heterocycles. The molecule has 1 aliphatic rings. The van der Waals surface area contributed by atoms with Crippen LogP contribution in [0, 0.1) is 5.92 Å². The Balaban J connectivity index is 1.69. The number of hydrogen-bond acceptors (Lipinski definition) is 6. The number of anilines is 1. The van der Waals surface area contributed by atoms with Crippen LogP contribution in [0.3, 0.4) is 0 Å². The maximum absolute atomic E-state index is 12.6. The number of rotatable bonds is 7. The third-order valence-corrected chi connectivity index (χ3v) is 5.18. The highest BCUT2D eigenvalue weighted by Crippen LogP contribution is 2.36. The lowest BCUT2D eigenvalue weighted by atomic mass is 10.1. The highest BCUT2D eigenvalue weighted by atomic mass is 35.5. The van der Waals surface area contributed by atoms with Crippen LogP contribution in [0.4, 0.5) is 5.69 Å². The van der Waals surface area contributed by atoms with Gasteiger partial charge in [-0.1, -0.05) is 11.6 Å². The third kappa shape index (κ3) is 4.57. The van der Waals surface area contributed by atoms with Gasteiger partial charge in [-0.3, -0.25) is 14.4 Å². The number of carbonyl (C=O) groups excluding carboxylic acids is 3. The van der Waals surface area contributed by atoms with Crippen LogP contribution >= 0.6 is 11.6 Å². The van der Waals surface area contributed by atoms with E-state index in [1.807, 2.05) is 0 Å². The zero-order valence-corrected chi connectivity index (χ0v) is 17.6. The maximum Gasteiger partial charge on any atom is 0.312 e. The molecular weight excluding hydrogens is 410 g/mol. The van der Waals surface area contributed by atoms with Gasteiger partial charge in [-0.15, -0.1) is 0 Å². The topological polar surface area (TPSA) is 82.1 Å². The first-order valence-electron chi connectivity index (χ1n) is 9.36. The van der Waals surface area contributed by atoms with Crippen molar-refractivity contribution in [1.82, 2.24) is 0 Å². The van der Waals surface area contributed by atoms with Gasteiger partial charge in [0.2, 0.25) is 11.7 Å². The van der Waals surface area contributed by atoms with Gasteiger partial charge in [0.15, 0.2) is 6.10 Å². The lowest BCUT2D eigenvalue weighted by molar-refractivity contribution is -0.151. The summed E-state index contributed by atoms with van der Waals surface area (Å²) in [5, 5.41) is 0.508. The first-order chi connectivity index (χ1) is 14.3. The molecule has 1 amide bonds. The number of nitrogens with zero attached hydrogens (tertiary/aromatic N) is 1. The van der Waals surface area contributed by atoms with Crippen LogP contribution in [-0.4, -0.2) is 44.5 Å². The lowest BCUT2D eigenvalue weighted by Gasteiger charge is -2.20. The highest BCUT2D eigenvalue weighted by Gasteiger charge is 2.38. The van der Waals surface area contributed by atoms with E-state index in [9.17, 15) is 14.4 Å². The maximum atomic E-state index is 12.6. The van der Waals surface area contributed by atoms with Crippen molar-refractivity contribution in [3.8, 4) is 11.5 Å². The Hall–Kier alpha value is -3.06. The van der Waals surface area contributed by atoms with Crippen molar-refractivity contribution in [3.05, 3.63) is 53.1 Å². The van der Waals surface area contributed by atoms with E-state index in [1.54, 1.807) is 42.5 Å². The zero-order chi connectivity index (χ0) is 21.8. The van der Waals surface area contributed by atoms with Crippen molar-refractivity contribution < 1.29 is 28.6 Å². The van der Waals surface area contributed by atoms with Gasteiger partial charge in [-0.25, -0.2) is 0 Å². The highest BCUT2D eigenvalue weighted by molar-refractivity contribution is 6.30. The number of hydrogen-bond donors (Lipinski definition) is 0. The number of methoxy groups -OCH3 is 2. The summed E-state index contributed by atoms with van der Waals surface area (Å²) in [5.74, 6) is -0.802. The van der Waals surface area contributed by atoms with E-state index in [-0.39, 0.29) is 24.7 Å². The van der Waals surface area contributed by atoms with Crippen molar-refractivity contribution in [2.45, 2.75) is 19.4 Å². The Bertz CT molecular complexity index is 959. The Labute approximate surface area is 179 Å². The van der Waals surface area contributed by atoms with Gasteiger partial charge < -0.3 is 19.1 Å². The molecule has 1 saturated heterocycles. The molecule has 1 heterocycles. The van der Waals surface area contributed by atoms with Gasteiger partial charge in [0.05, 0.1) is 25.8 Å². The molecule has 0 aliphatic carbocycles. The molecule has 30 heavy (non-hydrogen) atoms. The van der Waals surface area contributed by atoms with Crippen LogP contribution in [0.25, 0.3) is 0 Å². The number of ether oxygens (including phenoxy) is 3. The fraction of sp³-hybridized carbons (Fsp3) is 0.318. The Morgan fingerprint density at radius 3 is 2.43 bits per heavy atom. The largest absolute Gasteiger partial charge is 0.497 e. The summed E-state index contributed by atoms with van der Waals surface area (Å²) >= 11 is 5.83. The van der Waals surface area contributed by atoms with Crippen LogP contribution in [0.2, 0.25) is 5.02 Å². The van der Waals surface area contributed by atoms with Crippen LogP contribution in [0.5, 0.6) is 11.5 Å². The van der Waals surface area contributed by atoms with Gasteiger partial charge in [0.25, 0.3) is 0 Å². The monoisotopic (exact) mass is 431 g/mol. The fourth-order valence-corrected chi connectivity index (χ4v) is 3.40. The number of carbonyl (C=O) groups is 3. The van der Waals surface area contributed by atoms with Crippen LogP contribution in [0.1, 0.15) is 23.7 Å². The van der Waals surface area contributed by atoms with Crippen molar-refractivity contribution in [3.63, 3.8) is 0 Å². The summed E-state index contributed by atoms with van der Waals surface area (Å²) in [5.41, 5.74) is 0.910. The zero-order valence-electron chi connectivity index (χ0n) is 16.9. The molecule has 0 spiro atoms. The van der Waals surface area contributed by atoms with Crippen molar-refractivity contribution in [2.24, 2.45) is 5.92 Å². The number of esters is 1. The molecule has 0 N–H and O–H groups in total. The van der Waals surface area contributed by atoms with E-state index >= 15 is 0 Å². The van der Waals surface area contributed by atoms with Crippen molar-refractivity contribution in [2.75, 3.05) is 25.7 Å². The molecular formula is C22H22ClNO6. The Kier molecular flexibility index (Phi) is 6.62. The van der Waals surface area contributed by atoms with Crippen LogP contribution < -0.4 is 14.4 Å². The van der Waals surface area contributed by atoms with E-state index in [1.165, 1.54) is 26.0 Å². The molecule has 2 aromatic rings. The second-order valence-electron chi connectivity index (χ2n) is 6.89.